The number of aromatic amines is 1. The molecule has 2 aromatic carbocycles. The van der Waals surface area contributed by atoms with Crippen molar-refractivity contribution in [2.45, 2.75) is 19.4 Å². The van der Waals surface area contributed by atoms with Gasteiger partial charge >= 0.3 is 0 Å². The van der Waals surface area contributed by atoms with Crippen LogP contribution in [0.25, 0.3) is 10.9 Å². The topological polar surface area (TPSA) is 53.2 Å². The molecule has 0 aliphatic heterocycles. The Hall–Kier alpha value is -2.66. The largest absolute Gasteiger partial charge is 0.319 e. The molecule has 1 aromatic heterocycles. The predicted molar refractivity (Wildman–Crippen MR) is 99.9 cm³/mol. The van der Waals surface area contributed by atoms with Crippen molar-refractivity contribution >= 4 is 34.1 Å². The lowest BCUT2D eigenvalue weighted by molar-refractivity contribution is -0.119. The molecule has 1 aliphatic carbocycles. The fraction of sp³-hybridized carbons (Fsp3) is 0.200. The molecule has 3 aromatic rings. The van der Waals surface area contributed by atoms with Crippen LogP contribution in [-0.4, -0.2) is 10.9 Å². The summed E-state index contributed by atoms with van der Waals surface area (Å²) < 4.78 is 14.1. The summed E-state index contributed by atoms with van der Waals surface area (Å²) in [7, 11) is 0. The van der Waals surface area contributed by atoms with Crippen LogP contribution in [0.3, 0.4) is 0 Å². The fourth-order valence-corrected chi connectivity index (χ4v) is 3.29. The van der Waals surface area contributed by atoms with Gasteiger partial charge < -0.3 is 9.88 Å². The molecule has 1 N–H and O–H groups in total. The first-order chi connectivity index (χ1) is 12.5. The van der Waals surface area contributed by atoms with E-state index in [4.69, 9.17) is 11.6 Å². The maximum absolute atomic E-state index is 14.1. The second kappa shape index (κ2) is 6.57. The number of halogens is 2. The number of fused-ring (bicyclic) bond motifs is 1. The van der Waals surface area contributed by atoms with E-state index in [1.807, 2.05) is 6.07 Å². The number of para-hydroxylation sites is 1. The summed E-state index contributed by atoms with van der Waals surface area (Å²) >= 11 is 6.09. The Kier molecular flexibility index (Phi) is 4.24. The molecule has 26 heavy (non-hydrogen) atoms. The van der Waals surface area contributed by atoms with Crippen molar-refractivity contribution in [3.05, 3.63) is 75.3 Å². The van der Waals surface area contributed by atoms with Crippen molar-refractivity contribution in [1.82, 2.24) is 4.98 Å². The number of hydrogen-bond acceptors (Lipinski definition) is 2. The maximum Gasteiger partial charge on any atom is 0.248 e. The van der Waals surface area contributed by atoms with Gasteiger partial charge in [0.2, 0.25) is 11.5 Å². The fourth-order valence-electron chi connectivity index (χ4n) is 3.11. The molecule has 1 saturated carbocycles. The van der Waals surface area contributed by atoms with Crippen LogP contribution in [0.15, 0.2) is 53.3 Å². The van der Waals surface area contributed by atoms with E-state index in [0.717, 1.165) is 12.8 Å². The molecule has 1 heterocycles. The Labute approximate surface area is 154 Å². The van der Waals surface area contributed by atoms with Crippen LogP contribution in [0.2, 0.25) is 5.02 Å². The summed E-state index contributed by atoms with van der Waals surface area (Å²) in [5.74, 6) is -0.500. The summed E-state index contributed by atoms with van der Waals surface area (Å²) in [5, 5.41) is 1.11. The smallest absolute Gasteiger partial charge is 0.248 e. The molecule has 0 unspecified atom stereocenters. The summed E-state index contributed by atoms with van der Waals surface area (Å²) in [6.07, 6.45) is 1.72. The third-order valence-electron chi connectivity index (χ3n) is 4.55. The van der Waals surface area contributed by atoms with E-state index in [0.29, 0.717) is 21.7 Å². The number of aromatic nitrogens is 1. The van der Waals surface area contributed by atoms with Gasteiger partial charge in [0.05, 0.1) is 12.1 Å². The highest BCUT2D eigenvalue weighted by Gasteiger charge is 2.34. The molecule has 0 saturated heterocycles. The Morgan fingerprint density at radius 3 is 2.69 bits per heavy atom. The first kappa shape index (κ1) is 16.8. The van der Waals surface area contributed by atoms with E-state index in [1.165, 1.54) is 12.1 Å². The number of carbonyl (C=O) groups excluding carboxylic acids is 1. The lowest BCUT2D eigenvalue weighted by Gasteiger charge is -2.24. The maximum atomic E-state index is 14.1. The number of pyridine rings is 1. The molecule has 1 fully saturated rings. The summed E-state index contributed by atoms with van der Waals surface area (Å²) in [5.41, 5.74) is 1.01. The van der Waals surface area contributed by atoms with Gasteiger partial charge in [-0.3, -0.25) is 9.59 Å². The first-order valence-electron chi connectivity index (χ1n) is 8.40. The SMILES string of the molecule is O=C(C1CC1)N(Cc1cc(=O)[nH]c2c(F)cccc12)c1cccc(Cl)c1. The molecule has 6 heteroatoms. The molecular formula is C20H16ClFN2O2. The molecule has 132 valence electrons. The van der Waals surface area contributed by atoms with Crippen molar-refractivity contribution in [2.24, 2.45) is 5.92 Å². The molecular weight excluding hydrogens is 355 g/mol. The van der Waals surface area contributed by atoms with Crippen molar-refractivity contribution in [3.8, 4) is 0 Å². The summed E-state index contributed by atoms with van der Waals surface area (Å²) in [4.78, 5) is 29.0. The number of nitrogens with one attached hydrogen (secondary N) is 1. The zero-order valence-corrected chi connectivity index (χ0v) is 14.6. The molecule has 0 bridgehead atoms. The van der Waals surface area contributed by atoms with Gasteiger partial charge in [-0.2, -0.15) is 0 Å². The van der Waals surface area contributed by atoms with E-state index in [2.05, 4.69) is 4.98 Å². The van der Waals surface area contributed by atoms with Crippen LogP contribution in [0.4, 0.5) is 10.1 Å². The van der Waals surface area contributed by atoms with Gasteiger partial charge in [-0.15, -0.1) is 0 Å². The average molecular weight is 371 g/mol. The lowest BCUT2D eigenvalue weighted by atomic mass is 10.1. The van der Waals surface area contributed by atoms with Gasteiger partial charge in [-0.1, -0.05) is 29.8 Å². The van der Waals surface area contributed by atoms with Gasteiger partial charge in [0.25, 0.3) is 0 Å². The molecule has 4 rings (SSSR count). The lowest BCUT2D eigenvalue weighted by Crippen LogP contribution is -2.32. The number of benzene rings is 2. The number of carbonyl (C=O) groups is 1. The normalized spacial score (nSPS) is 13.8. The number of anilines is 1. The number of rotatable bonds is 4. The van der Waals surface area contributed by atoms with Gasteiger partial charge in [-0.25, -0.2) is 4.39 Å². The third-order valence-corrected chi connectivity index (χ3v) is 4.79. The minimum absolute atomic E-state index is 0.000946. The highest BCUT2D eigenvalue weighted by Crippen LogP contribution is 2.34. The number of H-pyrrole nitrogens is 1. The third kappa shape index (κ3) is 3.22. The number of nitrogens with zero attached hydrogens (tertiary/aromatic N) is 1. The minimum Gasteiger partial charge on any atom is -0.319 e. The monoisotopic (exact) mass is 370 g/mol. The van der Waals surface area contributed by atoms with Crippen LogP contribution in [0, 0.1) is 11.7 Å². The van der Waals surface area contributed by atoms with Gasteiger partial charge in [0.15, 0.2) is 0 Å². The van der Waals surface area contributed by atoms with Crippen LogP contribution >= 0.6 is 11.6 Å². The molecule has 0 radical (unpaired) electrons. The van der Waals surface area contributed by atoms with E-state index in [9.17, 15) is 14.0 Å². The van der Waals surface area contributed by atoms with E-state index < -0.39 is 11.4 Å². The molecule has 0 atom stereocenters. The van der Waals surface area contributed by atoms with Gasteiger partial charge in [0.1, 0.15) is 5.82 Å². The standard InChI is InChI=1S/C20H16ClFN2O2/c21-14-3-1-4-15(10-14)24(20(26)12-7-8-12)11-13-9-18(25)23-19-16(13)5-2-6-17(19)22/h1-6,9-10,12H,7-8,11H2,(H,23,25). The Morgan fingerprint density at radius 1 is 1.19 bits per heavy atom. The second-order valence-electron chi connectivity index (χ2n) is 6.50. The van der Waals surface area contributed by atoms with Crippen molar-refractivity contribution < 1.29 is 9.18 Å². The van der Waals surface area contributed by atoms with Crippen molar-refractivity contribution in [1.29, 1.82) is 0 Å². The highest BCUT2D eigenvalue weighted by atomic mass is 35.5. The van der Waals surface area contributed by atoms with E-state index >= 15 is 0 Å². The Morgan fingerprint density at radius 2 is 1.96 bits per heavy atom. The summed E-state index contributed by atoms with van der Waals surface area (Å²) in [6.45, 7) is 0.180. The zero-order chi connectivity index (χ0) is 18.3. The molecule has 1 amide bonds. The van der Waals surface area contributed by atoms with Crippen LogP contribution in [0.1, 0.15) is 18.4 Å². The second-order valence-corrected chi connectivity index (χ2v) is 6.94. The van der Waals surface area contributed by atoms with Gasteiger partial charge in [0, 0.05) is 28.1 Å². The van der Waals surface area contributed by atoms with Gasteiger partial charge in [-0.05, 0) is 42.7 Å². The number of amides is 1. The first-order valence-corrected chi connectivity index (χ1v) is 8.78. The van der Waals surface area contributed by atoms with Crippen molar-refractivity contribution in [2.75, 3.05) is 4.90 Å². The van der Waals surface area contributed by atoms with Crippen LogP contribution in [0.5, 0.6) is 0 Å². The molecule has 0 spiro atoms. The van der Waals surface area contributed by atoms with Crippen LogP contribution < -0.4 is 10.5 Å². The predicted octanol–water partition coefficient (Wildman–Crippen LogP) is 4.26. The van der Waals surface area contributed by atoms with E-state index in [-0.39, 0.29) is 23.9 Å². The zero-order valence-electron chi connectivity index (χ0n) is 13.8. The quantitative estimate of drug-likeness (QED) is 0.745. The molecule has 1 aliphatic rings. The average Bonchev–Trinajstić information content (AvgIpc) is 3.45. The Bertz CT molecular complexity index is 1060. The number of hydrogen-bond donors (Lipinski definition) is 1. The van der Waals surface area contributed by atoms with Crippen molar-refractivity contribution in [3.63, 3.8) is 0 Å². The van der Waals surface area contributed by atoms with E-state index in [1.54, 1.807) is 35.2 Å². The Balaban J connectivity index is 1.81. The highest BCUT2D eigenvalue weighted by molar-refractivity contribution is 6.30. The minimum atomic E-state index is -0.496. The van der Waals surface area contributed by atoms with Crippen LogP contribution in [-0.2, 0) is 11.3 Å². The summed E-state index contributed by atoms with van der Waals surface area (Å²) in [6, 6.07) is 13.1. The molecule has 4 nitrogen and oxygen atoms in total.